The second kappa shape index (κ2) is 5.31. The van der Waals surface area contributed by atoms with Crippen molar-refractivity contribution >= 4 is 17.6 Å². The third kappa shape index (κ3) is 2.69. The van der Waals surface area contributed by atoms with Gasteiger partial charge in [0.2, 0.25) is 0 Å². The van der Waals surface area contributed by atoms with Crippen LogP contribution in [-0.4, -0.2) is 22.2 Å². The van der Waals surface area contributed by atoms with Gasteiger partial charge in [-0.3, -0.25) is 0 Å². The van der Waals surface area contributed by atoms with E-state index >= 15 is 0 Å². The van der Waals surface area contributed by atoms with Crippen molar-refractivity contribution in [3.63, 3.8) is 0 Å². The van der Waals surface area contributed by atoms with Gasteiger partial charge in [-0.25, -0.2) is 9.59 Å². The van der Waals surface area contributed by atoms with E-state index in [0.29, 0.717) is 11.4 Å². The zero-order valence-corrected chi connectivity index (χ0v) is 10.2. The van der Waals surface area contributed by atoms with Crippen LogP contribution in [0.15, 0.2) is 42.5 Å². The summed E-state index contributed by atoms with van der Waals surface area (Å²) in [6.07, 6.45) is 0. The van der Waals surface area contributed by atoms with Crippen LogP contribution in [0, 0.1) is 0 Å². The number of nitrogens with two attached hydrogens (primary N) is 1. The van der Waals surface area contributed by atoms with Crippen LogP contribution < -0.4 is 10.5 Å². The SMILES string of the molecule is Nc1ccccc1Oc1ccc(C(=O)O)c(C(=O)O)c1. The summed E-state index contributed by atoms with van der Waals surface area (Å²) < 4.78 is 5.45. The Morgan fingerprint density at radius 1 is 0.950 bits per heavy atom. The fourth-order valence-corrected chi connectivity index (χ4v) is 1.65. The number of rotatable bonds is 4. The van der Waals surface area contributed by atoms with Gasteiger partial charge in [0.1, 0.15) is 11.5 Å². The number of benzene rings is 2. The number of carbonyl (C=O) groups is 2. The van der Waals surface area contributed by atoms with Crippen LogP contribution >= 0.6 is 0 Å². The van der Waals surface area contributed by atoms with E-state index in [-0.39, 0.29) is 16.9 Å². The third-order valence-corrected chi connectivity index (χ3v) is 2.60. The zero-order chi connectivity index (χ0) is 14.7. The molecule has 0 aliphatic heterocycles. The van der Waals surface area contributed by atoms with Crippen molar-refractivity contribution in [1.29, 1.82) is 0 Å². The molecule has 2 rings (SSSR count). The molecular formula is C14H11NO5. The monoisotopic (exact) mass is 273 g/mol. The van der Waals surface area contributed by atoms with Gasteiger partial charge in [0, 0.05) is 0 Å². The number of carboxylic acid groups (broad SMARTS) is 2. The molecule has 2 aromatic carbocycles. The number of carboxylic acids is 2. The van der Waals surface area contributed by atoms with Crippen molar-refractivity contribution in [3.8, 4) is 11.5 Å². The smallest absolute Gasteiger partial charge is 0.336 e. The summed E-state index contributed by atoms with van der Waals surface area (Å²) >= 11 is 0. The van der Waals surface area contributed by atoms with Gasteiger partial charge < -0.3 is 20.7 Å². The maximum Gasteiger partial charge on any atom is 0.336 e. The Labute approximate surface area is 114 Å². The maximum absolute atomic E-state index is 11.1. The largest absolute Gasteiger partial charge is 0.478 e. The molecule has 0 radical (unpaired) electrons. The van der Waals surface area contributed by atoms with Crippen LogP contribution in [0.4, 0.5) is 5.69 Å². The van der Waals surface area contributed by atoms with E-state index in [1.54, 1.807) is 24.3 Å². The van der Waals surface area contributed by atoms with Crippen molar-refractivity contribution in [1.82, 2.24) is 0 Å². The van der Waals surface area contributed by atoms with Gasteiger partial charge in [0.05, 0.1) is 16.8 Å². The number of ether oxygens (including phenoxy) is 1. The normalized spacial score (nSPS) is 10.0. The van der Waals surface area contributed by atoms with Crippen LogP contribution in [0.3, 0.4) is 0 Å². The second-order valence-corrected chi connectivity index (χ2v) is 3.96. The molecule has 6 nitrogen and oxygen atoms in total. The molecule has 0 aliphatic carbocycles. The van der Waals surface area contributed by atoms with E-state index in [0.717, 1.165) is 6.07 Å². The molecule has 0 amide bonds. The van der Waals surface area contributed by atoms with Crippen LogP contribution in [0.25, 0.3) is 0 Å². The molecule has 0 heterocycles. The number of hydrogen-bond acceptors (Lipinski definition) is 4. The molecule has 0 bridgehead atoms. The average molecular weight is 273 g/mol. The van der Waals surface area contributed by atoms with Crippen molar-refractivity contribution in [3.05, 3.63) is 53.6 Å². The third-order valence-electron chi connectivity index (χ3n) is 2.60. The lowest BCUT2D eigenvalue weighted by Crippen LogP contribution is -2.08. The molecule has 4 N–H and O–H groups in total. The lowest BCUT2D eigenvalue weighted by atomic mass is 10.1. The molecule has 0 unspecified atom stereocenters. The van der Waals surface area contributed by atoms with Gasteiger partial charge >= 0.3 is 11.9 Å². The second-order valence-electron chi connectivity index (χ2n) is 3.96. The van der Waals surface area contributed by atoms with E-state index in [9.17, 15) is 9.59 Å². The first kappa shape index (κ1) is 13.4. The van der Waals surface area contributed by atoms with Crippen LogP contribution in [0.5, 0.6) is 11.5 Å². The molecule has 0 spiro atoms. The molecule has 0 atom stereocenters. The summed E-state index contributed by atoms with van der Waals surface area (Å²) in [6, 6.07) is 10.4. The Hall–Kier alpha value is -3.02. The molecular weight excluding hydrogens is 262 g/mol. The molecule has 0 saturated heterocycles. The van der Waals surface area contributed by atoms with Gasteiger partial charge in [-0.2, -0.15) is 0 Å². The Bertz CT molecular complexity index is 681. The Balaban J connectivity index is 2.40. The summed E-state index contributed by atoms with van der Waals surface area (Å²) in [7, 11) is 0. The zero-order valence-electron chi connectivity index (χ0n) is 10.2. The molecule has 0 saturated carbocycles. The summed E-state index contributed by atoms with van der Waals surface area (Å²) in [5, 5.41) is 17.9. The Morgan fingerprint density at radius 3 is 2.20 bits per heavy atom. The molecule has 0 fully saturated rings. The lowest BCUT2D eigenvalue weighted by molar-refractivity contribution is 0.0651. The van der Waals surface area contributed by atoms with Crippen LogP contribution in [0.2, 0.25) is 0 Å². The van der Waals surface area contributed by atoms with Crippen LogP contribution in [0.1, 0.15) is 20.7 Å². The molecule has 0 aliphatic rings. The first-order valence-corrected chi connectivity index (χ1v) is 5.62. The minimum Gasteiger partial charge on any atom is -0.478 e. The summed E-state index contributed by atoms with van der Waals surface area (Å²) in [5.41, 5.74) is 5.46. The predicted molar refractivity (Wildman–Crippen MR) is 71.3 cm³/mol. The molecule has 0 aromatic heterocycles. The standard InChI is InChI=1S/C14H11NO5/c15-11-3-1-2-4-12(11)20-8-5-6-9(13(16)17)10(7-8)14(18)19/h1-7H,15H2,(H,16,17)(H,18,19). The molecule has 6 heteroatoms. The number of para-hydroxylation sites is 2. The minimum atomic E-state index is -1.34. The summed E-state index contributed by atoms with van der Waals surface area (Å²) in [6.45, 7) is 0. The topological polar surface area (TPSA) is 110 Å². The van der Waals surface area contributed by atoms with Crippen molar-refractivity contribution in [2.24, 2.45) is 0 Å². The van der Waals surface area contributed by atoms with Crippen molar-refractivity contribution in [2.75, 3.05) is 5.73 Å². The highest BCUT2D eigenvalue weighted by molar-refractivity contribution is 6.02. The van der Waals surface area contributed by atoms with E-state index < -0.39 is 11.9 Å². The van der Waals surface area contributed by atoms with Gasteiger partial charge in [0.15, 0.2) is 0 Å². The lowest BCUT2D eigenvalue weighted by Gasteiger charge is -2.09. The number of aromatic carboxylic acids is 2. The average Bonchev–Trinajstić information content (AvgIpc) is 2.41. The van der Waals surface area contributed by atoms with Gasteiger partial charge in [0.25, 0.3) is 0 Å². The molecule has 102 valence electrons. The van der Waals surface area contributed by atoms with Gasteiger partial charge in [-0.1, -0.05) is 12.1 Å². The number of hydrogen-bond donors (Lipinski definition) is 3. The van der Waals surface area contributed by atoms with Gasteiger partial charge in [-0.05, 0) is 30.3 Å². The summed E-state index contributed by atoms with van der Waals surface area (Å²) in [5.74, 6) is -2.08. The Kier molecular flexibility index (Phi) is 3.56. The quantitative estimate of drug-likeness (QED) is 0.738. The van der Waals surface area contributed by atoms with Crippen molar-refractivity contribution in [2.45, 2.75) is 0 Å². The van der Waals surface area contributed by atoms with Crippen molar-refractivity contribution < 1.29 is 24.5 Å². The maximum atomic E-state index is 11.1. The number of anilines is 1. The van der Waals surface area contributed by atoms with Crippen LogP contribution in [-0.2, 0) is 0 Å². The fourth-order valence-electron chi connectivity index (χ4n) is 1.65. The fraction of sp³-hybridized carbons (Fsp3) is 0. The highest BCUT2D eigenvalue weighted by Gasteiger charge is 2.17. The van der Waals surface area contributed by atoms with Gasteiger partial charge in [-0.15, -0.1) is 0 Å². The predicted octanol–water partition coefficient (Wildman–Crippen LogP) is 2.46. The van der Waals surface area contributed by atoms with E-state index in [4.69, 9.17) is 20.7 Å². The van der Waals surface area contributed by atoms with E-state index in [1.165, 1.54) is 12.1 Å². The van der Waals surface area contributed by atoms with E-state index in [2.05, 4.69) is 0 Å². The number of nitrogen functional groups attached to an aromatic ring is 1. The first-order chi connectivity index (χ1) is 9.49. The Morgan fingerprint density at radius 2 is 1.60 bits per heavy atom. The molecule has 2 aromatic rings. The highest BCUT2D eigenvalue weighted by atomic mass is 16.5. The highest BCUT2D eigenvalue weighted by Crippen LogP contribution is 2.28. The minimum absolute atomic E-state index is 0.199. The summed E-state index contributed by atoms with van der Waals surface area (Å²) in [4.78, 5) is 22.0. The van der Waals surface area contributed by atoms with E-state index in [1.807, 2.05) is 0 Å². The molecule has 20 heavy (non-hydrogen) atoms. The first-order valence-electron chi connectivity index (χ1n) is 5.62.